The number of anilines is 1. The van der Waals surface area contributed by atoms with Crippen LogP contribution in [0.1, 0.15) is 18.5 Å². The predicted octanol–water partition coefficient (Wildman–Crippen LogP) is 2.38. The Morgan fingerprint density at radius 3 is 2.95 bits per heavy atom. The summed E-state index contributed by atoms with van der Waals surface area (Å²) in [7, 11) is 0. The minimum atomic E-state index is 0.201. The number of aryl methyl sites for hydroxylation is 1. The average molecular weight is 255 g/mol. The van der Waals surface area contributed by atoms with Gasteiger partial charge in [0.25, 0.3) is 0 Å². The third-order valence-electron chi connectivity index (χ3n) is 3.32. The van der Waals surface area contributed by atoms with Gasteiger partial charge in [0.05, 0.1) is 23.6 Å². The van der Waals surface area contributed by atoms with Crippen molar-refractivity contribution >= 4 is 17.0 Å². The summed E-state index contributed by atoms with van der Waals surface area (Å²) in [5.74, 6) is 0.556. The Labute approximate surface area is 111 Å². The standard InChI is InChI=1S/C14H17N5/c1-10-4-5-12-13(8-10)19(14(15)17-12)11(2)9-18-7-3-6-16-18/h3-8,11H,9H2,1-2H3,(H2,15,17). The molecule has 0 aliphatic heterocycles. The molecule has 5 heteroatoms. The van der Waals surface area contributed by atoms with Crippen LogP contribution in [0, 0.1) is 6.92 Å². The van der Waals surface area contributed by atoms with Crippen molar-refractivity contribution in [3.05, 3.63) is 42.2 Å². The first-order valence-corrected chi connectivity index (χ1v) is 6.36. The van der Waals surface area contributed by atoms with Crippen molar-refractivity contribution in [3.8, 4) is 0 Å². The van der Waals surface area contributed by atoms with Gasteiger partial charge in [-0.2, -0.15) is 5.10 Å². The highest BCUT2D eigenvalue weighted by atomic mass is 15.3. The van der Waals surface area contributed by atoms with E-state index in [2.05, 4.69) is 40.6 Å². The van der Waals surface area contributed by atoms with Gasteiger partial charge >= 0.3 is 0 Å². The van der Waals surface area contributed by atoms with Crippen LogP contribution in [0.3, 0.4) is 0 Å². The number of hydrogen-bond donors (Lipinski definition) is 1. The molecular weight excluding hydrogens is 238 g/mol. The predicted molar refractivity (Wildman–Crippen MR) is 75.8 cm³/mol. The Hall–Kier alpha value is -2.30. The van der Waals surface area contributed by atoms with Gasteiger partial charge in [-0.15, -0.1) is 0 Å². The lowest BCUT2D eigenvalue weighted by Crippen LogP contribution is -2.15. The van der Waals surface area contributed by atoms with Crippen molar-refractivity contribution in [2.45, 2.75) is 26.4 Å². The van der Waals surface area contributed by atoms with E-state index in [9.17, 15) is 0 Å². The van der Waals surface area contributed by atoms with E-state index in [-0.39, 0.29) is 6.04 Å². The molecule has 0 bridgehead atoms. The number of rotatable bonds is 3. The van der Waals surface area contributed by atoms with E-state index >= 15 is 0 Å². The van der Waals surface area contributed by atoms with E-state index in [1.54, 1.807) is 6.20 Å². The van der Waals surface area contributed by atoms with Gasteiger partial charge in [0.1, 0.15) is 0 Å². The van der Waals surface area contributed by atoms with E-state index < -0.39 is 0 Å². The minimum absolute atomic E-state index is 0.201. The van der Waals surface area contributed by atoms with Crippen molar-refractivity contribution in [1.82, 2.24) is 19.3 Å². The van der Waals surface area contributed by atoms with Gasteiger partial charge in [0.2, 0.25) is 5.95 Å². The molecular formula is C14H17N5. The van der Waals surface area contributed by atoms with Crippen molar-refractivity contribution < 1.29 is 0 Å². The van der Waals surface area contributed by atoms with Crippen LogP contribution in [0.15, 0.2) is 36.7 Å². The van der Waals surface area contributed by atoms with Crippen molar-refractivity contribution in [2.24, 2.45) is 0 Å². The Morgan fingerprint density at radius 1 is 1.37 bits per heavy atom. The zero-order valence-electron chi connectivity index (χ0n) is 11.1. The maximum Gasteiger partial charge on any atom is 0.201 e. The molecule has 98 valence electrons. The maximum atomic E-state index is 6.06. The monoisotopic (exact) mass is 255 g/mol. The largest absolute Gasteiger partial charge is 0.369 e. The molecule has 2 N–H and O–H groups in total. The summed E-state index contributed by atoms with van der Waals surface area (Å²) in [4.78, 5) is 4.42. The van der Waals surface area contributed by atoms with Crippen LogP contribution in [0.4, 0.5) is 5.95 Å². The molecule has 0 saturated heterocycles. The summed E-state index contributed by atoms with van der Waals surface area (Å²) in [5.41, 5.74) is 9.28. The molecule has 2 aromatic heterocycles. The third kappa shape index (κ3) is 2.07. The summed E-state index contributed by atoms with van der Waals surface area (Å²) < 4.78 is 3.98. The molecule has 5 nitrogen and oxygen atoms in total. The fraction of sp³-hybridized carbons (Fsp3) is 0.286. The second-order valence-corrected chi connectivity index (χ2v) is 4.91. The molecule has 19 heavy (non-hydrogen) atoms. The molecule has 1 aromatic carbocycles. The van der Waals surface area contributed by atoms with Crippen molar-refractivity contribution in [2.75, 3.05) is 5.73 Å². The van der Waals surface area contributed by atoms with Gasteiger partial charge in [-0.25, -0.2) is 4.98 Å². The van der Waals surface area contributed by atoms with Gasteiger partial charge in [-0.1, -0.05) is 6.07 Å². The quantitative estimate of drug-likeness (QED) is 0.781. The normalized spacial score (nSPS) is 12.9. The van der Waals surface area contributed by atoms with Gasteiger partial charge in [0, 0.05) is 12.4 Å². The molecule has 0 aliphatic rings. The van der Waals surface area contributed by atoms with Crippen LogP contribution in [-0.4, -0.2) is 19.3 Å². The zero-order valence-corrected chi connectivity index (χ0v) is 11.1. The number of imidazole rings is 1. The number of hydrogen-bond acceptors (Lipinski definition) is 3. The summed E-state index contributed by atoms with van der Waals surface area (Å²) in [5, 5.41) is 4.24. The molecule has 3 aromatic rings. The van der Waals surface area contributed by atoms with Crippen LogP contribution in [0.2, 0.25) is 0 Å². The van der Waals surface area contributed by atoms with E-state index in [1.807, 2.05) is 23.0 Å². The van der Waals surface area contributed by atoms with Crippen LogP contribution < -0.4 is 5.73 Å². The van der Waals surface area contributed by atoms with E-state index in [4.69, 9.17) is 5.73 Å². The fourth-order valence-corrected chi connectivity index (χ4v) is 2.45. The second kappa shape index (κ2) is 4.42. The fourth-order valence-electron chi connectivity index (χ4n) is 2.45. The van der Waals surface area contributed by atoms with Crippen molar-refractivity contribution in [1.29, 1.82) is 0 Å². The number of aromatic nitrogens is 4. The lowest BCUT2D eigenvalue weighted by Gasteiger charge is -2.16. The molecule has 0 aliphatic carbocycles. The Morgan fingerprint density at radius 2 is 2.21 bits per heavy atom. The van der Waals surface area contributed by atoms with Gasteiger partial charge in [-0.05, 0) is 37.6 Å². The minimum Gasteiger partial charge on any atom is -0.369 e. The number of fused-ring (bicyclic) bond motifs is 1. The third-order valence-corrected chi connectivity index (χ3v) is 3.32. The number of benzene rings is 1. The first-order valence-electron chi connectivity index (χ1n) is 6.36. The molecule has 1 atom stereocenters. The van der Waals surface area contributed by atoms with Gasteiger partial charge in [-0.3, -0.25) is 4.68 Å². The first-order chi connectivity index (χ1) is 9.15. The summed E-state index contributed by atoms with van der Waals surface area (Å²) in [6.07, 6.45) is 3.74. The highest BCUT2D eigenvalue weighted by Crippen LogP contribution is 2.24. The first kappa shape index (κ1) is 11.8. The summed E-state index contributed by atoms with van der Waals surface area (Å²) in [6, 6.07) is 8.31. The van der Waals surface area contributed by atoms with Crippen LogP contribution in [-0.2, 0) is 6.54 Å². The number of nitrogen functional groups attached to an aromatic ring is 1. The Kier molecular flexibility index (Phi) is 2.74. The molecule has 1 unspecified atom stereocenters. The van der Waals surface area contributed by atoms with Crippen LogP contribution in [0.5, 0.6) is 0 Å². The van der Waals surface area contributed by atoms with Crippen LogP contribution >= 0.6 is 0 Å². The lowest BCUT2D eigenvalue weighted by atomic mass is 10.2. The lowest BCUT2D eigenvalue weighted by molar-refractivity contribution is 0.449. The summed E-state index contributed by atoms with van der Waals surface area (Å²) in [6.45, 7) is 4.98. The number of nitrogens with two attached hydrogens (primary N) is 1. The number of nitrogens with zero attached hydrogens (tertiary/aromatic N) is 4. The molecule has 0 saturated carbocycles. The maximum absolute atomic E-state index is 6.06. The van der Waals surface area contributed by atoms with E-state index in [0.717, 1.165) is 17.6 Å². The highest BCUT2D eigenvalue weighted by molar-refractivity contribution is 5.79. The zero-order chi connectivity index (χ0) is 13.4. The Bertz CT molecular complexity index is 696. The second-order valence-electron chi connectivity index (χ2n) is 4.91. The molecule has 3 rings (SSSR count). The Balaban J connectivity index is 2.03. The van der Waals surface area contributed by atoms with E-state index in [1.165, 1.54) is 5.56 Å². The molecule has 0 amide bonds. The summed E-state index contributed by atoms with van der Waals surface area (Å²) >= 11 is 0. The molecule has 0 spiro atoms. The SMILES string of the molecule is Cc1ccc2nc(N)n(C(C)Cn3cccn3)c2c1. The average Bonchev–Trinajstić information content (AvgIpc) is 2.95. The highest BCUT2D eigenvalue weighted by Gasteiger charge is 2.14. The molecule has 0 radical (unpaired) electrons. The molecule has 0 fully saturated rings. The van der Waals surface area contributed by atoms with Gasteiger partial charge in [0.15, 0.2) is 0 Å². The van der Waals surface area contributed by atoms with Crippen molar-refractivity contribution in [3.63, 3.8) is 0 Å². The smallest absolute Gasteiger partial charge is 0.201 e. The van der Waals surface area contributed by atoms with E-state index in [0.29, 0.717) is 5.95 Å². The van der Waals surface area contributed by atoms with Gasteiger partial charge < -0.3 is 10.3 Å². The van der Waals surface area contributed by atoms with Crippen LogP contribution in [0.25, 0.3) is 11.0 Å². The molecule has 2 heterocycles. The topological polar surface area (TPSA) is 61.7 Å².